The van der Waals surface area contributed by atoms with Crippen LogP contribution in [-0.4, -0.2) is 29.8 Å². The lowest BCUT2D eigenvalue weighted by molar-refractivity contribution is 0.103. The molecule has 0 heterocycles. The van der Waals surface area contributed by atoms with E-state index in [1.807, 2.05) is 0 Å². The Bertz CT molecular complexity index is 91.3. The van der Waals surface area contributed by atoms with E-state index < -0.39 is 0 Å². The van der Waals surface area contributed by atoms with E-state index in [4.69, 9.17) is 5.11 Å². The first-order valence-corrected chi connectivity index (χ1v) is 4.20. The SMILES string of the molecule is CCCN(CO)CC1CC1. The van der Waals surface area contributed by atoms with Gasteiger partial charge in [-0.15, -0.1) is 0 Å². The molecule has 1 aliphatic rings. The second kappa shape index (κ2) is 3.94. The molecule has 0 aliphatic heterocycles. The number of aliphatic hydroxyl groups excluding tert-OH is 1. The highest BCUT2D eigenvalue weighted by molar-refractivity contribution is 4.76. The molecular weight excluding hydrogens is 126 g/mol. The lowest BCUT2D eigenvalue weighted by Crippen LogP contribution is -2.27. The topological polar surface area (TPSA) is 23.5 Å². The molecule has 2 nitrogen and oxygen atoms in total. The number of hydrogen-bond donors (Lipinski definition) is 1. The van der Waals surface area contributed by atoms with Gasteiger partial charge in [-0.05, 0) is 25.2 Å². The van der Waals surface area contributed by atoms with Gasteiger partial charge in [0, 0.05) is 13.1 Å². The summed E-state index contributed by atoms with van der Waals surface area (Å²) in [6.45, 7) is 4.55. The molecule has 0 aromatic carbocycles. The molecule has 0 aromatic rings. The normalized spacial score (nSPS) is 18.3. The van der Waals surface area contributed by atoms with Gasteiger partial charge in [-0.25, -0.2) is 0 Å². The Labute approximate surface area is 62.8 Å². The van der Waals surface area contributed by atoms with Crippen molar-refractivity contribution in [2.45, 2.75) is 26.2 Å². The summed E-state index contributed by atoms with van der Waals surface area (Å²) in [5, 5.41) is 8.86. The fourth-order valence-electron chi connectivity index (χ4n) is 1.20. The zero-order chi connectivity index (χ0) is 7.40. The van der Waals surface area contributed by atoms with Crippen LogP contribution in [0.3, 0.4) is 0 Å². The largest absolute Gasteiger partial charge is 0.381 e. The quantitative estimate of drug-likeness (QED) is 0.582. The van der Waals surface area contributed by atoms with E-state index in [1.54, 1.807) is 0 Å². The molecule has 0 spiro atoms. The fraction of sp³-hybridized carbons (Fsp3) is 1.00. The summed E-state index contributed by atoms with van der Waals surface area (Å²) in [4.78, 5) is 2.12. The highest BCUT2D eigenvalue weighted by Gasteiger charge is 2.23. The molecule has 1 rings (SSSR count). The summed E-state index contributed by atoms with van der Waals surface area (Å²) >= 11 is 0. The van der Waals surface area contributed by atoms with Crippen molar-refractivity contribution in [3.63, 3.8) is 0 Å². The molecule has 0 aromatic heterocycles. The molecule has 0 radical (unpaired) electrons. The maximum Gasteiger partial charge on any atom is 0.0956 e. The molecule has 1 aliphatic carbocycles. The average Bonchev–Trinajstić information content (AvgIpc) is 2.71. The van der Waals surface area contributed by atoms with Crippen molar-refractivity contribution in [2.75, 3.05) is 19.8 Å². The molecule has 0 amide bonds. The third-order valence-corrected chi connectivity index (χ3v) is 1.95. The van der Waals surface area contributed by atoms with E-state index in [9.17, 15) is 0 Å². The van der Waals surface area contributed by atoms with Crippen LogP contribution >= 0.6 is 0 Å². The zero-order valence-corrected chi connectivity index (χ0v) is 6.71. The first-order valence-electron chi connectivity index (χ1n) is 4.20. The van der Waals surface area contributed by atoms with Crippen molar-refractivity contribution < 1.29 is 5.11 Å². The molecule has 0 atom stereocenters. The average molecular weight is 143 g/mol. The molecule has 2 heteroatoms. The molecule has 1 saturated carbocycles. The summed E-state index contributed by atoms with van der Waals surface area (Å²) < 4.78 is 0. The van der Waals surface area contributed by atoms with Gasteiger partial charge in [-0.2, -0.15) is 0 Å². The lowest BCUT2D eigenvalue weighted by Gasteiger charge is -2.17. The monoisotopic (exact) mass is 143 g/mol. The number of nitrogens with zero attached hydrogens (tertiary/aromatic N) is 1. The highest BCUT2D eigenvalue weighted by atomic mass is 16.3. The van der Waals surface area contributed by atoms with Crippen LogP contribution in [-0.2, 0) is 0 Å². The smallest absolute Gasteiger partial charge is 0.0956 e. The van der Waals surface area contributed by atoms with Crippen molar-refractivity contribution in [3.8, 4) is 0 Å². The van der Waals surface area contributed by atoms with E-state index in [-0.39, 0.29) is 6.73 Å². The highest BCUT2D eigenvalue weighted by Crippen LogP contribution is 2.29. The lowest BCUT2D eigenvalue weighted by atomic mass is 10.3. The first-order chi connectivity index (χ1) is 4.86. The summed E-state index contributed by atoms with van der Waals surface area (Å²) in [6.07, 6.45) is 3.90. The van der Waals surface area contributed by atoms with Crippen molar-refractivity contribution in [1.29, 1.82) is 0 Å². The van der Waals surface area contributed by atoms with Crippen LogP contribution in [0.1, 0.15) is 26.2 Å². The number of hydrogen-bond acceptors (Lipinski definition) is 2. The summed E-state index contributed by atoms with van der Waals surface area (Å²) in [5.74, 6) is 0.902. The Hall–Kier alpha value is -0.0800. The molecule has 10 heavy (non-hydrogen) atoms. The van der Waals surface area contributed by atoms with Gasteiger partial charge in [-0.3, -0.25) is 4.90 Å². The maximum absolute atomic E-state index is 8.86. The molecule has 1 fully saturated rings. The number of rotatable bonds is 5. The molecule has 0 saturated heterocycles. The fourth-order valence-corrected chi connectivity index (χ4v) is 1.20. The second-order valence-corrected chi connectivity index (χ2v) is 3.16. The van der Waals surface area contributed by atoms with E-state index in [2.05, 4.69) is 11.8 Å². The Morgan fingerprint density at radius 1 is 1.50 bits per heavy atom. The third-order valence-electron chi connectivity index (χ3n) is 1.95. The van der Waals surface area contributed by atoms with Gasteiger partial charge >= 0.3 is 0 Å². The second-order valence-electron chi connectivity index (χ2n) is 3.16. The minimum atomic E-state index is 0.240. The van der Waals surface area contributed by atoms with Gasteiger partial charge in [0.2, 0.25) is 0 Å². The minimum Gasteiger partial charge on any atom is -0.381 e. The van der Waals surface area contributed by atoms with Gasteiger partial charge in [0.05, 0.1) is 6.73 Å². The Morgan fingerprint density at radius 2 is 2.20 bits per heavy atom. The predicted octanol–water partition coefficient (Wildman–Crippen LogP) is 1.06. The van der Waals surface area contributed by atoms with E-state index in [0.717, 1.165) is 25.4 Å². The molecule has 0 unspecified atom stereocenters. The standard InChI is InChI=1S/C8H17NO/c1-2-5-9(7-10)6-8-3-4-8/h8,10H,2-7H2,1H3. The summed E-state index contributed by atoms with van der Waals surface area (Å²) in [7, 11) is 0. The van der Waals surface area contributed by atoms with Gasteiger partial charge in [0.25, 0.3) is 0 Å². The van der Waals surface area contributed by atoms with Crippen LogP contribution in [0.4, 0.5) is 0 Å². The van der Waals surface area contributed by atoms with Crippen LogP contribution in [0, 0.1) is 5.92 Å². The van der Waals surface area contributed by atoms with Crippen LogP contribution in [0.2, 0.25) is 0 Å². The summed E-state index contributed by atoms with van der Waals surface area (Å²) in [6, 6.07) is 0. The van der Waals surface area contributed by atoms with E-state index in [1.165, 1.54) is 12.8 Å². The first kappa shape index (κ1) is 8.02. The van der Waals surface area contributed by atoms with Gasteiger partial charge in [-0.1, -0.05) is 6.92 Å². The predicted molar refractivity (Wildman–Crippen MR) is 41.7 cm³/mol. The van der Waals surface area contributed by atoms with Crippen molar-refractivity contribution in [1.82, 2.24) is 4.90 Å². The maximum atomic E-state index is 8.86. The van der Waals surface area contributed by atoms with Crippen molar-refractivity contribution in [2.24, 2.45) is 5.92 Å². The van der Waals surface area contributed by atoms with Crippen molar-refractivity contribution >= 4 is 0 Å². The van der Waals surface area contributed by atoms with Crippen LogP contribution < -0.4 is 0 Å². The van der Waals surface area contributed by atoms with Crippen LogP contribution in [0.5, 0.6) is 0 Å². The summed E-state index contributed by atoms with van der Waals surface area (Å²) in [5.41, 5.74) is 0. The Morgan fingerprint density at radius 3 is 2.60 bits per heavy atom. The molecule has 1 N–H and O–H groups in total. The van der Waals surface area contributed by atoms with E-state index >= 15 is 0 Å². The Kier molecular flexibility index (Phi) is 3.16. The molecule has 60 valence electrons. The van der Waals surface area contributed by atoms with Gasteiger partial charge < -0.3 is 5.11 Å². The number of aliphatic hydroxyl groups is 1. The Balaban J connectivity index is 2.05. The van der Waals surface area contributed by atoms with Crippen LogP contribution in [0.25, 0.3) is 0 Å². The molecule has 0 bridgehead atoms. The van der Waals surface area contributed by atoms with Gasteiger partial charge in [0.15, 0.2) is 0 Å². The van der Waals surface area contributed by atoms with Crippen LogP contribution in [0.15, 0.2) is 0 Å². The van der Waals surface area contributed by atoms with Crippen molar-refractivity contribution in [3.05, 3.63) is 0 Å². The third kappa shape index (κ3) is 2.67. The molecular formula is C8H17NO. The van der Waals surface area contributed by atoms with E-state index in [0.29, 0.717) is 0 Å². The zero-order valence-electron chi connectivity index (χ0n) is 6.71. The minimum absolute atomic E-state index is 0.240. The van der Waals surface area contributed by atoms with Gasteiger partial charge in [0.1, 0.15) is 0 Å².